The van der Waals surface area contributed by atoms with Gasteiger partial charge in [-0.05, 0) is 73.3 Å². The highest BCUT2D eigenvalue weighted by Gasteiger charge is 2.21. The number of halogens is 1. The van der Waals surface area contributed by atoms with E-state index >= 15 is 0 Å². The van der Waals surface area contributed by atoms with E-state index in [-0.39, 0.29) is 18.1 Å². The molecule has 0 bridgehead atoms. The number of fused-ring (bicyclic) bond motifs is 1. The fourth-order valence-corrected chi connectivity index (χ4v) is 4.82. The average Bonchev–Trinajstić information content (AvgIpc) is 3.33. The first kappa shape index (κ1) is 24.8. The van der Waals surface area contributed by atoms with Gasteiger partial charge in [0.15, 0.2) is 5.82 Å². The normalized spacial score (nSPS) is 12.7. The molecule has 0 amide bonds. The standard InChI is InChI=1S/C28H27ClN4O4/c1-3-36-27-22(28(34)35)15-31-33(27)25-9-5-8-24(32-25)21-6-4-7-23(29)26(21)37-16-19-11-10-18-14-30-13-12-20(18)17(19)2/h4-11,15,30H,3,12-14,16H2,1-2H3,(H,34,35). The Morgan fingerprint density at radius 3 is 2.81 bits per heavy atom. The molecule has 1 aliphatic rings. The number of rotatable bonds is 8. The predicted molar refractivity (Wildman–Crippen MR) is 141 cm³/mol. The monoisotopic (exact) mass is 518 g/mol. The number of aromatic nitrogens is 3. The summed E-state index contributed by atoms with van der Waals surface area (Å²) in [6, 6.07) is 15.2. The summed E-state index contributed by atoms with van der Waals surface area (Å²) >= 11 is 6.60. The fraction of sp³-hybridized carbons (Fsp3) is 0.250. The molecule has 2 aromatic carbocycles. The van der Waals surface area contributed by atoms with E-state index in [1.165, 1.54) is 27.6 Å². The van der Waals surface area contributed by atoms with Gasteiger partial charge in [0, 0.05) is 12.1 Å². The Bertz CT molecular complexity index is 1470. The van der Waals surface area contributed by atoms with Crippen molar-refractivity contribution in [3.63, 3.8) is 0 Å². The van der Waals surface area contributed by atoms with Crippen LogP contribution in [0.15, 0.2) is 54.7 Å². The number of aromatic carboxylic acids is 1. The van der Waals surface area contributed by atoms with Gasteiger partial charge in [-0.3, -0.25) is 0 Å². The lowest BCUT2D eigenvalue weighted by atomic mass is 9.93. The minimum Gasteiger partial charge on any atom is -0.487 e. The molecule has 3 heterocycles. The Hall–Kier alpha value is -3.88. The molecule has 5 rings (SSSR count). The van der Waals surface area contributed by atoms with Crippen LogP contribution in [0.3, 0.4) is 0 Å². The third-order valence-corrected chi connectivity index (χ3v) is 6.78. The van der Waals surface area contributed by atoms with Crippen molar-refractivity contribution in [2.45, 2.75) is 33.4 Å². The lowest BCUT2D eigenvalue weighted by Crippen LogP contribution is -2.24. The summed E-state index contributed by atoms with van der Waals surface area (Å²) in [7, 11) is 0. The molecule has 190 valence electrons. The third-order valence-electron chi connectivity index (χ3n) is 6.48. The van der Waals surface area contributed by atoms with Crippen molar-refractivity contribution in [1.82, 2.24) is 20.1 Å². The van der Waals surface area contributed by atoms with E-state index < -0.39 is 5.97 Å². The van der Waals surface area contributed by atoms with E-state index in [4.69, 9.17) is 26.1 Å². The maximum absolute atomic E-state index is 11.6. The summed E-state index contributed by atoms with van der Waals surface area (Å²) in [4.78, 5) is 16.4. The molecular formula is C28H27ClN4O4. The van der Waals surface area contributed by atoms with Crippen LogP contribution in [0.25, 0.3) is 17.1 Å². The third kappa shape index (κ3) is 4.90. The first-order chi connectivity index (χ1) is 18.0. The fourth-order valence-electron chi connectivity index (χ4n) is 4.59. The van der Waals surface area contributed by atoms with E-state index in [1.54, 1.807) is 19.1 Å². The average molecular weight is 519 g/mol. The summed E-state index contributed by atoms with van der Waals surface area (Å²) < 4.78 is 13.3. The number of ether oxygens (including phenoxy) is 2. The van der Waals surface area contributed by atoms with Crippen molar-refractivity contribution in [1.29, 1.82) is 0 Å². The molecule has 0 aliphatic carbocycles. The molecule has 0 fully saturated rings. The Balaban J connectivity index is 1.48. The maximum atomic E-state index is 11.6. The number of nitrogens with zero attached hydrogens (tertiary/aromatic N) is 3. The molecule has 0 saturated carbocycles. The van der Waals surface area contributed by atoms with Crippen LogP contribution in [0, 0.1) is 6.92 Å². The van der Waals surface area contributed by atoms with Crippen LogP contribution in [-0.2, 0) is 19.6 Å². The van der Waals surface area contributed by atoms with Crippen LogP contribution < -0.4 is 14.8 Å². The first-order valence-corrected chi connectivity index (χ1v) is 12.5. The molecule has 0 unspecified atom stereocenters. The minimum atomic E-state index is -1.12. The van der Waals surface area contributed by atoms with Crippen molar-refractivity contribution < 1.29 is 19.4 Å². The van der Waals surface area contributed by atoms with Gasteiger partial charge in [0.2, 0.25) is 5.88 Å². The topological polar surface area (TPSA) is 98.5 Å². The number of benzene rings is 2. The van der Waals surface area contributed by atoms with Crippen LogP contribution in [0.4, 0.5) is 0 Å². The highest BCUT2D eigenvalue weighted by atomic mass is 35.5. The van der Waals surface area contributed by atoms with Crippen LogP contribution in [-0.4, -0.2) is 39.0 Å². The van der Waals surface area contributed by atoms with Gasteiger partial charge in [-0.2, -0.15) is 9.78 Å². The maximum Gasteiger partial charge on any atom is 0.342 e. The van der Waals surface area contributed by atoms with Crippen molar-refractivity contribution in [3.05, 3.63) is 87.6 Å². The number of hydrogen-bond donors (Lipinski definition) is 2. The number of nitrogens with one attached hydrogen (secondary N) is 1. The summed E-state index contributed by atoms with van der Waals surface area (Å²) in [6.45, 7) is 6.46. The molecule has 0 radical (unpaired) electrons. The van der Waals surface area contributed by atoms with E-state index in [1.807, 2.05) is 24.3 Å². The van der Waals surface area contributed by atoms with E-state index in [2.05, 4.69) is 29.5 Å². The van der Waals surface area contributed by atoms with Crippen LogP contribution in [0.5, 0.6) is 11.6 Å². The van der Waals surface area contributed by atoms with Crippen LogP contribution in [0.1, 0.15) is 39.5 Å². The zero-order valence-electron chi connectivity index (χ0n) is 20.6. The lowest BCUT2D eigenvalue weighted by Gasteiger charge is -2.22. The molecule has 9 heteroatoms. The summed E-state index contributed by atoms with van der Waals surface area (Å²) in [6.07, 6.45) is 2.26. The number of hydrogen-bond acceptors (Lipinski definition) is 6. The smallest absolute Gasteiger partial charge is 0.342 e. The zero-order valence-corrected chi connectivity index (χ0v) is 21.4. The second kappa shape index (κ2) is 10.6. The van der Waals surface area contributed by atoms with Gasteiger partial charge < -0.3 is 19.9 Å². The number of carbonyl (C=O) groups is 1. The van der Waals surface area contributed by atoms with Gasteiger partial charge in [-0.1, -0.05) is 35.9 Å². The van der Waals surface area contributed by atoms with Crippen molar-refractivity contribution in [3.8, 4) is 28.7 Å². The Morgan fingerprint density at radius 2 is 2.00 bits per heavy atom. The van der Waals surface area contributed by atoms with E-state index in [0.29, 0.717) is 28.9 Å². The molecule has 37 heavy (non-hydrogen) atoms. The molecule has 4 aromatic rings. The van der Waals surface area contributed by atoms with Crippen molar-refractivity contribution >= 4 is 17.6 Å². The van der Waals surface area contributed by atoms with Crippen LogP contribution >= 0.6 is 11.6 Å². The second-order valence-corrected chi connectivity index (χ2v) is 9.12. The predicted octanol–water partition coefficient (Wildman–Crippen LogP) is 5.22. The quantitative estimate of drug-likeness (QED) is 0.330. The number of carboxylic acids is 1. The Morgan fingerprint density at radius 1 is 1.16 bits per heavy atom. The number of para-hydroxylation sites is 1. The molecule has 0 spiro atoms. The van der Waals surface area contributed by atoms with Crippen LogP contribution in [0.2, 0.25) is 5.02 Å². The number of carboxylic acid groups (broad SMARTS) is 1. The van der Waals surface area contributed by atoms with Gasteiger partial charge in [0.25, 0.3) is 0 Å². The molecule has 2 N–H and O–H groups in total. The van der Waals surface area contributed by atoms with Gasteiger partial charge in [0.1, 0.15) is 17.9 Å². The molecular weight excluding hydrogens is 492 g/mol. The van der Waals surface area contributed by atoms with Crippen molar-refractivity contribution in [2.75, 3.05) is 13.2 Å². The zero-order chi connectivity index (χ0) is 25.9. The van der Waals surface area contributed by atoms with E-state index in [0.717, 1.165) is 30.6 Å². The summed E-state index contributed by atoms with van der Waals surface area (Å²) in [5.74, 6) is -0.0479. The van der Waals surface area contributed by atoms with Crippen molar-refractivity contribution in [2.24, 2.45) is 0 Å². The molecule has 0 saturated heterocycles. The Labute approximate surface area is 219 Å². The van der Waals surface area contributed by atoms with Gasteiger partial charge in [-0.15, -0.1) is 0 Å². The first-order valence-electron chi connectivity index (χ1n) is 12.1. The summed E-state index contributed by atoms with van der Waals surface area (Å²) in [5.41, 5.74) is 6.39. The molecule has 2 aromatic heterocycles. The molecule has 8 nitrogen and oxygen atoms in total. The molecule has 0 atom stereocenters. The Kier molecular flexibility index (Phi) is 7.12. The lowest BCUT2D eigenvalue weighted by molar-refractivity contribution is 0.0692. The van der Waals surface area contributed by atoms with E-state index in [9.17, 15) is 9.90 Å². The van der Waals surface area contributed by atoms with Gasteiger partial charge in [-0.25, -0.2) is 9.78 Å². The molecule has 1 aliphatic heterocycles. The van der Waals surface area contributed by atoms with Gasteiger partial charge in [0.05, 0.1) is 23.5 Å². The second-order valence-electron chi connectivity index (χ2n) is 8.71. The largest absolute Gasteiger partial charge is 0.487 e. The summed E-state index contributed by atoms with van der Waals surface area (Å²) in [5, 5.41) is 17.6. The SMILES string of the molecule is CCOc1c(C(=O)O)cnn1-c1cccc(-c2cccc(Cl)c2OCc2ccc3c(c2C)CCNC3)n1. The van der Waals surface area contributed by atoms with Gasteiger partial charge >= 0.3 is 5.97 Å². The highest BCUT2D eigenvalue weighted by Crippen LogP contribution is 2.37. The minimum absolute atomic E-state index is 0.0305. The number of pyridine rings is 1. The highest BCUT2D eigenvalue weighted by molar-refractivity contribution is 6.32.